The van der Waals surface area contributed by atoms with Crippen LogP contribution in [0.1, 0.15) is 40.0 Å². The van der Waals surface area contributed by atoms with Crippen LogP contribution in [0.3, 0.4) is 0 Å². The molecular formula is C14H14O5. The van der Waals surface area contributed by atoms with Crippen LogP contribution in [0.15, 0.2) is 35.6 Å². The molecule has 3 rings (SSSR count). The van der Waals surface area contributed by atoms with Crippen molar-refractivity contribution in [3.63, 3.8) is 0 Å². The van der Waals surface area contributed by atoms with Crippen molar-refractivity contribution in [3.05, 3.63) is 46.7 Å². The van der Waals surface area contributed by atoms with Crippen molar-refractivity contribution in [1.29, 1.82) is 0 Å². The van der Waals surface area contributed by atoms with E-state index < -0.39 is 11.9 Å². The predicted octanol–water partition coefficient (Wildman–Crippen LogP) is 2.54. The smallest absolute Gasteiger partial charge is 0.335 e. The maximum absolute atomic E-state index is 10.3. The highest BCUT2D eigenvalue weighted by atomic mass is 16.5. The normalized spacial score (nSPS) is 15.6. The highest BCUT2D eigenvalue weighted by molar-refractivity contribution is 5.91. The monoisotopic (exact) mass is 262 g/mol. The van der Waals surface area contributed by atoms with Crippen LogP contribution in [0, 0.1) is 0 Å². The molecule has 1 aromatic carbocycles. The third-order valence-corrected chi connectivity index (χ3v) is 3.11. The van der Waals surface area contributed by atoms with Crippen molar-refractivity contribution >= 4 is 11.9 Å². The molecule has 0 bridgehead atoms. The minimum atomic E-state index is -1.06. The first kappa shape index (κ1) is 13.1. The molecule has 0 atom stereocenters. The van der Waals surface area contributed by atoms with E-state index in [0.29, 0.717) is 0 Å². The zero-order valence-corrected chi connectivity index (χ0v) is 10.3. The van der Waals surface area contributed by atoms with Gasteiger partial charge in [0.2, 0.25) is 0 Å². The van der Waals surface area contributed by atoms with Gasteiger partial charge in [-0.15, -0.1) is 0 Å². The van der Waals surface area contributed by atoms with Crippen molar-refractivity contribution in [3.8, 4) is 0 Å². The van der Waals surface area contributed by atoms with Crippen LogP contribution in [-0.2, 0) is 4.74 Å². The van der Waals surface area contributed by atoms with Crippen LogP contribution >= 0.6 is 0 Å². The predicted molar refractivity (Wildman–Crippen MR) is 67.2 cm³/mol. The third-order valence-electron chi connectivity index (χ3n) is 3.11. The zero-order chi connectivity index (χ0) is 13.8. The second kappa shape index (κ2) is 5.56. The number of aromatic carboxylic acids is 2. The lowest BCUT2D eigenvalue weighted by Crippen LogP contribution is -1.99. The summed E-state index contributed by atoms with van der Waals surface area (Å²) in [5, 5.41) is 16.9. The van der Waals surface area contributed by atoms with Crippen molar-refractivity contribution in [1.82, 2.24) is 0 Å². The minimum Gasteiger partial charge on any atom is -0.498 e. The van der Waals surface area contributed by atoms with Gasteiger partial charge in [0.15, 0.2) is 0 Å². The third kappa shape index (κ3) is 3.13. The average Bonchev–Trinajstić information content (AvgIpc) is 2.69. The van der Waals surface area contributed by atoms with Crippen molar-refractivity contribution in [2.24, 2.45) is 0 Å². The molecule has 0 aromatic heterocycles. The zero-order valence-electron chi connectivity index (χ0n) is 10.3. The number of carboxylic acid groups (broad SMARTS) is 2. The van der Waals surface area contributed by atoms with Gasteiger partial charge in [-0.25, -0.2) is 9.59 Å². The Bertz CT molecular complexity index is 480. The summed E-state index contributed by atoms with van der Waals surface area (Å²) in [6.45, 7) is 0.963. The molecule has 2 aliphatic rings. The lowest BCUT2D eigenvalue weighted by molar-refractivity contribution is 0.0681. The van der Waals surface area contributed by atoms with E-state index in [1.807, 2.05) is 0 Å². The molecule has 0 spiro atoms. The Kier molecular flexibility index (Phi) is 3.85. The number of ether oxygens (including phenoxy) is 1. The Morgan fingerprint density at radius 2 is 1.42 bits per heavy atom. The first-order valence-electron chi connectivity index (χ1n) is 5.98. The lowest BCUT2D eigenvalue weighted by atomic mass is 9.96. The molecule has 0 radical (unpaired) electrons. The second-order valence-electron chi connectivity index (χ2n) is 4.31. The van der Waals surface area contributed by atoms with E-state index >= 15 is 0 Å². The Balaban J connectivity index is 0.000000159. The molecule has 0 unspecified atom stereocenters. The number of rotatable bonds is 2. The molecule has 5 heteroatoms. The van der Waals surface area contributed by atoms with Gasteiger partial charge in [0.1, 0.15) is 0 Å². The largest absolute Gasteiger partial charge is 0.498 e. The fourth-order valence-electron chi connectivity index (χ4n) is 1.90. The van der Waals surface area contributed by atoms with Gasteiger partial charge in [-0.2, -0.15) is 0 Å². The van der Waals surface area contributed by atoms with E-state index in [0.717, 1.165) is 6.61 Å². The lowest BCUT2D eigenvalue weighted by Gasteiger charge is -2.12. The van der Waals surface area contributed by atoms with Crippen molar-refractivity contribution in [2.45, 2.75) is 19.3 Å². The Hall–Kier alpha value is -2.30. The maximum atomic E-state index is 10.3. The average molecular weight is 262 g/mol. The molecule has 0 fully saturated rings. The van der Waals surface area contributed by atoms with Gasteiger partial charge in [0.25, 0.3) is 0 Å². The number of hydrogen-bond acceptors (Lipinski definition) is 3. The van der Waals surface area contributed by atoms with Crippen LogP contribution in [0.2, 0.25) is 0 Å². The maximum Gasteiger partial charge on any atom is 0.335 e. The quantitative estimate of drug-likeness (QED) is 0.855. The van der Waals surface area contributed by atoms with Gasteiger partial charge in [0.05, 0.1) is 23.5 Å². The van der Waals surface area contributed by atoms with E-state index in [9.17, 15) is 9.59 Å². The van der Waals surface area contributed by atoms with Gasteiger partial charge in [-0.3, -0.25) is 0 Å². The molecule has 5 nitrogen and oxygen atoms in total. The summed E-state index contributed by atoms with van der Waals surface area (Å²) in [5.74, 6) is -0.820. The van der Waals surface area contributed by atoms with Crippen LogP contribution in [0.4, 0.5) is 0 Å². The summed E-state index contributed by atoms with van der Waals surface area (Å²) in [6, 6.07) is 5.02. The summed E-state index contributed by atoms with van der Waals surface area (Å²) >= 11 is 0. The summed E-state index contributed by atoms with van der Waals surface area (Å²) in [7, 11) is 0. The minimum absolute atomic E-state index is 0.0833. The van der Waals surface area contributed by atoms with E-state index in [4.69, 9.17) is 14.9 Å². The van der Waals surface area contributed by atoms with E-state index in [1.54, 1.807) is 5.57 Å². The Labute approximate surface area is 110 Å². The fourth-order valence-corrected chi connectivity index (χ4v) is 1.90. The van der Waals surface area contributed by atoms with Gasteiger partial charge < -0.3 is 14.9 Å². The van der Waals surface area contributed by atoms with Crippen LogP contribution in [0.5, 0.6) is 0 Å². The highest BCUT2D eigenvalue weighted by Crippen LogP contribution is 2.35. The number of hydrogen-bond donors (Lipinski definition) is 2. The van der Waals surface area contributed by atoms with E-state index in [-0.39, 0.29) is 11.1 Å². The standard InChI is InChI=1S/C8H6O4.C6H8O/c9-7(10)5-1-2-6(4-3-5)8(11)12;1-2-6-5(1)3-4-7-6/h1-4H,(H,9,10)(H,11,12);1-4H2. The SMILES string of the molecule is C1CC2=C(CC2)O1.O=C(O)c1ccc(C(=O)O)cc1. The molecular weight excluding hydrogens is 248 g/mol. The Morgan fingerprint density at radius 1 is 0.895 bits per heavy atom. The van der Waals surface area contributed by atoms with Crippen LogP contribution < -0.4 is 0 Å². The molecule has 2 N–H and O–H groups in total. The van der Waals surface area contributed by atoms with Gasteiger partial charge in [-0.1, -0.05) is 0 Å². The molecule has 100 valence electrons. The summed E-state index contributed by atoms with van der Waals surface area (Å²) in [4.78, 5) is 20.7. The molecule has 0 saturated carbocycles. The van der Waals surface area contributed by atoms with Gasteiger partial charge in [-0.05, 0) is 36.3 Å². The topological polar surface area (TPSA) is 83.8 Å². The Morgan fingerprint density at radius 3 is 1.63 bits per heavy atom. The van der Waals surface area contributed by atoms with Crippen molar-refractivity contribution in [2.75, 3.05) is 6.61 Å². The van der Waals surface area contributed by atoms with Gasteiger partial charge in [0, 0.05) is 12.8 Å². The molecule has 19 heavy (non-hydrogen) atoms. The number of carbonyl (C=O) groups is 2. The number of benzene rings is 1. The van der Waals surface area contributed by atoms with Crippen LogP contribution in [0.25, 0.3) is 0 Å². The molecule has 1 aliphatic heterocycles. The van der Waals surface area contributed by atoms with Crippen molar-refractivity contribution < 1.29 is 24.5 Å². The first-order chi connectivity index (χ1) is 9.08. The fraction of sp³-hybridized carbons (Fsp3) is 0.286. The molecule has 1 heterocycles. The van der Waals surface area contributed by atoms with Crippen LogP contribution in [-0.4, -0.2) is 28.8 Å². The highest BCUT2D eigenvalue weighted by Gasteiger charge is 2.22. The molecule has 0 saturated heterocycles. The molecule has 1 aromatic rings. The molecule has 0 amide bonds. The summed E-state index contributed by atoms with van der Waals surface area (Å²) in [5.41, 5.74) is 1.75. The second-order valence-corrected chi connectivity index (χ2v) is 4.31. The first-order valence-corrected chi connectivity index (χ1v) is 5.98. The van der Waals surface area contributed by atoms with E-state index in [2.05, 4.69) is 0 Å². The molecule has 1 aliphatic carbocycles. The number of allylic oxidation sites excluding steroid dienone is 1. The summed E-state index contributed by atoms with van der Waals surface area (Å²) < 4.78 is 5.23. The van der Waals surface area contributed by atoms with E-state index in [1.165, 1.54) is 49.3 Å². The number of carboxylic acids is 2. The summed E-state index contributed by atoms with van der Waals surface area (Å²) in [6.07, 6.45) is 3.75. The van der Waals surface area contributed by atoms with Gasteiger partial charge >= 0.3 is 11.9 Å².